The smallest absolute Gasteiger partial charge is 0.203 e. The predicted molar refractivity (Wildman–Crippen MR) is 223 cm³/mol. The summed E-state index contributed by atoms with van der Waals surface area (Å²) in [6, 6.07) is 0. The predicted octanol–water partition coefficient (Wildman–Crippen LogP) is 12.4. The van der Waals surface area contributed by atoms with E-state index in [-0.39, 0.29) is 33.1 Å². The maximum absolute atomic E-state index is 11.4. The highest BCUT2D eigenvalue weighted by Gasteiger charge is 2.54. The highest BCUT2D eigenvalue weighted by Crippen LogP contribution is 2.60. The first kappa shape index (κ1) is 41.6. The average Bonchev–Trinajstić information content (AvgIpc) is 3.57. The quantitative estimate of drug-likeness (QED) is 0.170. The van der Waals surface area contributed by atoms with Crippen LogP contribution in [0.3, 0.4) is 0 Å². The lowest BCUT2D eigenvalue weighted by atomic mass is 9.61. The second kappa shape index (κ2) is 15.2. The molecule has 7 heteroatoms. The van der Waals surface area contributed by atoms with Crippen molar-refractivity contribution in [3.05, 3.63) is 65.5 Å². The Morgan fingerprint density at radius 3 is 2.27 bits per heavy atom. The molecule has 292 valence electrons. The zero-order chi connectivity index (χ0) is 38.5. The molecular formula is C45H75NO4Si2. The molecule has 1 heterocycles. The lowest BCUT2D eigenvalue weighted by molar-refractivity contribution is 0.0969. The van der Waals surface area contributed by atoms with Crippen LogP contribution in [0.5, 0.6) is 0 Å². The summed E-state index contributed by atoms with van der Waals surface area (Å²) in [7, 11) is -3.96. The van der Waals surface area contributed by atoms with E-state index in [2.05, 4.69) is 118 Å². The molecule has 0 radical (unpaired) electrons. The second-order valence-corrected chi connectivity index (χ2v) is 30.1. The molecule has 4 aliphatic rings. The van der Waals surface area contributed by atoms with Crippen molar-refractivity contribution in [2.24, 2.45) is 23.2 Å². The Morgan fingerprint density at radius 2 is 1.65 bits per heavy atom. The van der Waals surface area contributed by atoms with Crippen LogP contribution in [-0.4, -0.2) is 45.0 Å². The molecule has 0 amide bonds. The van der Waals surface area contributed by atoms with Crippen molar-refractivity contribution >= 4 is 16.6 Å². The van der Waals surface area contributed by atoms with E-state index in [1.54, 1.807) is 5.57 Å². The fourth-order valence-electron chi connectivity index (χ4n) is 9.18. The Morgan fingerprint density at radius 1 is 1.00 bits per heavy atom. The van der Waals surface area contributed by atoms with E-state index < -0.39 is 22.7 Å². The van der Waals surface area contributed by atoms with Gasteiger partial charge >= 0.3 is 0 Å². The highest BCUT2D eigenvalue weighted by atomic mass is 28.4. The summed E-state index contributed by atoms with van der Waals surface area (Å²) < 4.78 is 20.3. The van der Waals surface area contributed by atoms with Crippen LogP contribution in [-0.2, 0) is 20.7 Å². The Kier molecular flexibility index (Phi) is 12.2. The van der Waals surface area contributed by atoms with Gasteiger partial charge in [0.05, 0.1) is 29.9 Å². The van der Waals surface area contributed by atoms with Gasteiger partial charge in [-0.05, 0) is 128 Å². The molecule has 1 aromatic heterocycles. The van der Waals surface area contributed by atoms with Crippen LogP contribution in [0.25, 0.3) is 0 Å². The largest absolute Gasteiger partial charge is 0.445 e. The molecule has 5 rings (SSSR count). The van der Waals surface area contributed by atoms with Crippen LogP contribution in [0.2, 0.25) is 36.3 Å². The standard InChI is InChI=1S/C45H75NO4Si2/c1-15-17-35-30-46-41(48-35)45(26-27-45)40(47)24-19-31(2)37-22-23-38-33(18-16-25-44(37,38)10)20-21-34-28-36(49-51(11,12)42(4,5)6)29-39(32(34)3)50-52(13,14)43(7,8)9/h19-21,24,30-31,36-40,47H,3,15-18,22-23,25-29H2,1-2,4-14H3/t31-,36-,37-,38+,39+,40-,44-/m1/s1. The Labute approximate surface area is 320 Å². The molecule has 0 aliphatic heterocycles. The summed E-state index contributed by atoms with van der Waals surface area (Å²) in [5, 5.41) is 11.7. The fraction of sp³-hybridized carbons (Fsp3) is 0.756. The van der Waals surface area contributed by atoms with Gasteiger partial charge in [-0.1, -0.05) is 98.8 Å². The molecular weight excluding hydrogens is 675 g/mol. The van der Waals surface area contributed by atoms with Crippen molar-refractivity contribution in [1.29, 1.82) is 0 Å². The number of hydrogen-bond donors (Lipinski definition) is 1. The summed E-state index contributed by atoms with van der Waals surface area (Å²) in [5.74, 6) is 3.25. The third-order valence-corrected chi connectivity index (χ3v) is 23.9. The maximum atomic E-state index is 11.4. The van der Waals surface area contributed by atoms with Crippen molar-refractivity contribution in [2.45, 2.75) is 193 Å². The molecule has 1 aromatic rings. The normalized spacial score (nSPS) is 31.4. The molecule has 1 N–H and O–H groups in total. The van der Waals surface area contributed by atoms with E-state index in [9.17, 15) is 5.11 Å². The average molecular weight is 750 g/mol. The Hall–Kier alpha value is -1.52. The van der Waals surface area contributed by atoms with Crippen LogP contribution in [0, 0.1) is 23.2 Å². The molecule has 0 saturated heterocycles. The molecule has 5 nitrogen and oxygen atoms in total. The second-order valence-electron chi connectivity index (χ2n) is 20.6. The maximum Gasteiger partial charge on any atom is 0.203 e. The van der Waals surface area contributed by atoms with E-state index in [1.165, 1.54) is 37.7 Å². The van der Waals surface area contributed by atoms with Crippen molar-refractivity contribution < 1.29 is 18.4 Å². The summed E-state index contributed by atoms with van der Waals surface area (Å²) in [6.45, 7) is 35.3. The number of allylic oxidation sites excluding steroid dienone is 4. The van der Waals surface area contributed by atoms with E-state index in [0.717, 1.165) is 55.7 Å². The van der Waals surface area contributed by atoms with E-state index >= 15 is 0 Å². The summed E-state index contributed by atoms with van der Waals surface area (Å²) in [4.78, 5) is 4.59. The number of aromatic nitrogens is 1. The third-order valence-electron chi connectivity index (χ3n) is 14.8. The molecule has 0 bridgehead atoms. The number of hydrogen-bond acceptors (Lipinski definition) is 5. The molecule has 4 aliphatic carbocycles. The number of oxazole rings is 1. The molecule has 0 spiro atoms. The number of nitrogens with zero attached hydrogens (tertiary/aromatic N) is 1. The first-order valence-electron chi connectivity index (χ1n) is 20.8. The van der Waals surface area contributed by atoms with E-state index in [0.29, 0.717) is 17.8 Å². The number of rotatable bonds is 12. The third kappa shape index (κ3) is 8.49. The lowest BCUT2D eigenvalue weighted by Crippen LogP contribution is -2.49. The number of aliphatic hydroxyl groups is 1. The zero-order valence-electron chi connectivity index (χ0n) is 35.5. The molecule has 0 unspecified atom stereocenters. The van der Waals surface area contributed by atoms with Crippen molar-refractivity contribution in [3.63, 3.8) is 0 Å². The highest BCUT2D eigenvalue weighted by molar-refractivity contribution is 6.74. The minimum Gasteiger partial charge on any atom is -0.445 e. The topological polar surface area (TPSA) is 64.7 Å². The van der Waals surface area contributed by atoms with Gasteiger partial charge < -0.3 is 18.4 Å². The van der Waals surface area contributed by atoms with Gasteiger partial charge in [-0.2, -0.15) is 0 Å². The number of aryl methyl sites for hydroxylation is 1. The van der Waals surface area contributed by atoms with Crippen LogP contribution in [0.1, 0.15) is 138 Å². The zero-order valence-corrected chi connectivity index (χ0v) is 37.5. The fourth-order valence-corrected chi connectivity index (χ4v) is 11.8. The minimum absolute atomic E-state index is 0.00117. The lowest BCUT2D eigenvalue weighted by Gasteiger charge is -2.45. The van der Waals surface area contributed by atoms with Gasteiger partial charge in [0.15, 0.2) is 16.6 Å². The van der Waals surface area contributed by atoms with Crippen LogP contribution >= 0.6 is 0 Å². The summed E-state index contributed by atoms with van der Waals surface area (Å²) in [5.41, 5.74) is 4.02. The van der Waals surface area contributed by atoms with Gasteiger partial charge in [-0.15, -0.1) is 0 Å². The first-order chi connectivity index (χ1) is 24.0. The van der Waals surface area contributed by atoms with Gasteiger partial charge in [-0.25, -0.2) is 4.98 Å². The Balaban J connectivity index is 1.33. The van der Waals surface area contributed by atoms with Crippen molar-refractivity contribution in [1.82, 2.24) is 4.98 Å². The molecule has 0 aromatic carbocycles. The summed E-state index contributed by atoms with van der Waals surface area (Å²) in [6.07, 6.45) is 22.5. The molecule has 7 atom stereocenters. The van der Waals surface area contributed by atoms with Crippen LogP contribution < -0.4 is 0 Å². The molecule has 4 saturated carbocycles. The monoisotopic (exact) mass is 750 g/mol. The van der Waals surface area contributed by atoms with E-state index in [4.69, 9.17) is 19.8 Å². The van der Waals surface area contributed by atoms with Crippen molar-refractivity contribution in [3.8, 4) is 0 Å². The van der Waals surface area contributed by atoms with Gasteiger partial charge in [0.25, 0.3) is 0 Å². The van der Waals surface area contributed by atoms with E-state index in [1.807, 2.05) is 6.20 Å². The van der Waals surface area contributed by atoms with Gasteiger partial charge in [0.2, 0.25) is 5.89 Å². The van der Waals surface area contributed by atoms with Gasteiger partial charge in [0, 0.05) is 12.8 Å². The Bertz CT molecular complexity index is 1520. The number of fused-ring (bicyclic) bond motifs is 1. The summed E-state index contributed by atoms with van der Waals surface area (Å²) >= 11 is 0. The SMILES string of the molecule is C=C1C(=CC=C2CCC[C@]3(C)[C@@H]([C@H](C)C=C[C@@H](O)C4(c5ncc(CCC)o5)CC4)CC[C@@H]23)C[C@@H](O[Si](C)(C)C(C)(C)C)C[C@@H]1O[Si](C)(C)C(C)(C)C. The van der Waals surface area contributed by atoms with Crippen molar-refractivity contribution in [2.75, 3.05) is 0 Å². The van der Waals surface area contributed by atoms with Gasteiger partial charge in [0.1, 0.15) is 5.76 Å². The molecule has 52 heavy (non-hydrogen) atoms. The number of aliphatic hydroxyl groups excluding tert-OH is 1. The molecule has 4 fully saturated rings. The minimum atomic E-state index is -2.01. The van der Waals surface area contributed by atoms with Crippen LogP contribution in [0.4, 0.5) is 0 Å². The first-order valence-corrected chi connectivity index (χ1v) is 26.6. The van der Waals surface area contributed by atoms with Gasteiger partial charge in [-0.3, -0.25) is 0 Å². The van der Waals surface area contributed by atoms with Crippen LogP contribution in [0.15, 0.2) is 58.2 Å².